The Balaban J connectivity index is 1.52. The number of benzene rings is 1. The molecule has 1 aromatic carbocycles. The number of aryl methyl sites for hydroxylation is 1. The summed E-state index contributed by atoms with van der Waals surface area (Å²) in [5.74, 6) is 0.0437. The molecule has 0 saturated heterocycles. The molecule has 1 aromatic heterocycles. The monoisotopic (exact) mass is 380 g/mol. The van der Waals surface area contributed by atoms with Crippen LogP contribution in [0.15, 0.2) is 24.3 Å². The van der Waals surface area contributed by atoms with E-state index in [1.54, 1.807) is 0 Å². The van der Waals surface area contributed by atoms with Gasteiger partial charge in [0.25, 0.3) is 11.8 Å². The molecule has 2 N–H and O–H groups in total. The standard InChI is InChI=1S/C22H28N4O2/c1-15-7-6-8-16(13-15)14-23-21(27)19-18-11-4-5-12-26(18)20(25-19)22(28)24-17-9-2-3-10-17/h6-8,13,17H,2-5,9-12,14H2,1H3,(H,23,27)(H,24,28). The molecule has 2 amide bonds. The maximum atomic E-state index is 12.8. The molecule has 0 unspecified atom stereocenters. The second-order valence-corrected chi connectivity index (χ2v) is 7.97. The summed E-state index contributed by atoms with van der Waals surface area (Å²) in [7, 11) is 0. The quantitative estimate of drug-likeness (QED) is 0.837. The zero-order chi connectivity index (χ0) is 19.5. The lowest BCUT2D eigenvalue weighted by Gasteiger charge is -2.18. The summed E-state index contributed by atoms with van der Waals surface area (Å²) in [6, 6.07) is 8.31. The summed E-state index contributed by atoms with van der Waals surface area (Å²) in [6.45, 7) is 3.24. The largest absolute Gasteiger partial charge is 0.347 e. The molecule has 148 valence electrons. The topological polar surface area (TPSA) is 76.0 Å². The van der Waals surface area contributed by atoms with Gasteiger partial charge in [0.1, 0.15) is 5.69 Å². The van der Waals surface area contributed by atoms with Gasteiger partial charge in [-0.3, -0.25) is 9.59 Å². The van der Waals surface area contributed by atoms with Crippen LogP contribution in [0.2, 0.25) is 0 Å². The molecule has 6 nitrogen and oxygen atoms in total. The van der Waals surface area contributed by atoms with E-state index in [1.165, 1.54) is 0 Å². The minimum absolute atomic E-state index is 0.146. The third-order valence-corrected chi connectivity index (χ3v) is 5.76. The minimum atomic E-state index is -0.202. The van der Waals surface area contributed by atoms with E-state index in [0.717, 1.165) is 68.3 Å². The van der Waals surface area contributed by atoms with E-state index in [-0.39, 0.29) is 17.9 Å². The molecular weight excluding hydrogens is 352 g/mol. The average Bonchev–Trinajstić information content (AvgIpc) is 3.34. The van der Waals surface area contributed by atoms with Crippen molar-refractivity contribution in [1.29, 1.82) is 0 Å². The first kappa shape index (κ1) is 18.7. The van der Waals surface area contributed by atoms with Crippen molar-refractivity contribution in [1.82, 2.24) is 20.2 Å². The van der Waals surface area contributed by atoms with E-state index in [0.29, 0.717) is 18.1 Å². The third-order valence-electron chi connectivity index (χ3n) is 5.76. The Morgan fingerprint density at radius 2 is 1.96 bits per heavy atom. The van der Waals surface area contributed by atoms with Crippen LogP contribution in [0.5, 0.6) is 0 Å². The Morgan fingerprint density at radius 3 is 2.75 bits per heavy atom. The zero-order valence-electron chi connectivity index (χ0n) is 16.5. The molecular formula is C22H28N4O2. The molecule has 2 aliphatic rings. The number of hydrogen-bond donors (Lipinski definition) is 2. The SMILES string of the molecule is Cc1cccc(CNC(=O)c2nc(C(=O)NC3CCCC3)n3c2CCCC3)c1. The van der Waals surface area contributed by atoms with Crippen LogP contribution in [-0.4, -0.2) is 27.4 Å². The predicted octanol–water partition coefficient (Wildman–Crippen LogP) is 3.13. The van der Waals surface area contributed by atoms with Gasteiger partial charge in [0.2, 0.25) is 0 Å². The van der Waals surface area contributed by atoms with Crippen LogP contribution in [0, 0.1) is 6.92 Å². The summed E-state index contributed by atoms with van der Waals surface area (Å²) >= 11 is 0. The molecule has 4 rings (SSSR count). The van der Waals surface area contributed by atoms with Crippen LogP contribution in [0.3, 0.4) is 0 Å². The van der Waals surface area contributed by atoms with Gasteiger partial charge in [0.05, 0.1) is 5.69 Å². The Bertz CT molecular complexity index is 881. The number of nitrogens with one attached hydrogen (secondary N) is 2. The van der Waals surface area contributed by atoms with Gasteiger partial charge in [-0.25, -0.2) is 4.98 Å². The Morgan fingerprint density at radius 1 is 1.14 bits per heavy atom. The van der Waals surface area contributed by atoms with Gasteiger partial charge in [-0.05, 0) is 44.6 Å². The van der Waals surface area contributed by atoms with E-state index in [4.69, 9.17) is 0 Å². The van der Waals surface area contributed by atoms with Crippen LogP contribution < -0.4 is 10.6 Å². The molecule has 0 atom stereocenters. The molecule has 1 fully saturated rings. The lowest BCUT2D eigenvalue weighted by Crippen LogP contribution is -2.35. The smallest absolute Gasteiger partial charge is 0.287 e. The first-order valence-corrected chi connectivity index (χ1v) is 10.4. The molecule has 0 bridgehead atoms. The van der Waals surface area contributed by atoms with E-state index < -0.39 is 0 Å². The van der Waals surface area contributed by atoms with Gasteiger partial charge in [0.15, 0.2) is 5.82 Å². The van der Waals surface area contributed by atoms with Crippen LogP contribution in [0.4, 0.5) is 0 Å². The summed E-state index contributed by atoms with van der Waals surface area (Å²) in [5.41, 5.74) is 3.52. The van der Waals surface area contributed by atoms with Gasteiger partial charge < -0.3 is 15.2 Å². The third kappa shape index (κ3) is 3.96. The average molecular weight is 380 g/mol. The maximum absolute atomic E-state index is 12.8. The molecule has 28 heavy (non-hydrogen) atoms. The van der Waals surface area contributed by atoms with Crippen molar-refractivity contribution in [3.63, 3.8) is 0 Å². The van der Waals surface area contributed by atoms with E-state index >= 15 is 0 Å². The maximum Gasteiger partial charge on any atom is 0.287 e. The number of amides is 2. The number of aromatic nitrogens is 2. The lowest BCUT2D eigenvalue weighted by atomic mass is 10.1. The van der Waals surface area contributed by atoms with E-state index in [9.17, 15) is 9.59 Å². The number of fused-ring (bicyclic) bond motifs is 1. The van der Waals surface area contributed by atoms with Crippen LogP contribution in [0.25, 0.3) is 0 Å². The molecule has 2 aromatic rings. The van der Waals surface area contributed by atoms with Crippen LogP contribution >= 0.6 is 0 Å². The van der Waals surface area contributed by atoms with Crippen molar-refractivity contribution in [2.45, 2.75) is 71.0 Å². The van der Waals surface area contributed by atoms with Crippen molar-refractivity contribution < 1.29 is 9.59 Å². The summed E-state index contributed by atoms with van der Waals surface area (Å²) in [5, 5.41) is 6.08. The first-order valence-electron chi connectivity index (χ1n) is 10.4. The fourth-order valence-corrected chi connectivity index (χ4v) is 4.31. The number of carbonyl (C=O) groups is 2. The summed E-state index contributed by atoms with van der Waals surface area (Å²) in [4.78, 5) is 30.1. The van der Waals surface area contributed by atoms with Gasteiger partial charge in [-0.1, -0.05) is 42.7 Å². The number of imidazole rings is 1. The van der Waals surface area contributed by atoms with Crippen molar-refractivity contribution in [3.8, 4) is 0 Å². The van der Waals surface area contributed by atoms with Gasteiger partial charge in [-0.2, -0.15) is 0 Å². The van der Waals surface area contributed by atoms with Crippen molar-refractivity contribution in [3.05, 3.63) is 52.6 Å². The first-order chi connectivity index (χ1) is 13.6. The second kappa shape index (κ2) is 8.17. The highest BCUT2D eigenvalue weighted by Gasteiger charge is 2.28. The molecule has 2 heterocycles. The second-order valence-electron chi connectivity index (χ2n) is 7.97. The van der Waals surface area contributed by atoms with Gasteiger partial charge in [0, 0.05) is 19.1 Å². The van der Waals surface area contributed by atoms with Crippen LogP contribution in [-0.2, 0) is 19.5 Å². The normalized spacial score (nSPS) is 16.6. The van der Waals surface area contributed by atoms with Crippen LogP contribution in [0.1, 0.15) is 76.5 Å². The van der Waals surface area contributed by atoms with Crippen molar-refractivity contribution in [2.75, 3.05) is 0 Å². The molecule has 0 radical (unpaired) electrons. The minimum Gasteiger partial charge on any atom is -0.347 e. The molecule has 1 aliphatic carbocycles. The molecule has 1 aliphatic heterocycles. The lowest BCUT2D eigenvalue weighted by molar-refractivity contribution is 0.0921. The Labute approximate surface area is 165 Å². The highest BCUT2D eigenvalue weighted by atomic mass is 16.2. The summed E-state index contributed by atoms with van der Waals surface area (Å²) in [6.07, 6.45) is 7.21. The van der Waals surface area contributed by atoms with E-state index in [1.807, 2.05) is 29.7 Å². The predicted molar refractivity (Wildman–Crippen MR) is 107 cm³/mol. The van der Waals surface area contributed by atoms with Crippen molar-refractivity contribution in [2.24, 2.45) is 0 Å². The highest BCUT2D eigenvalue weighted by Crippen LogP contribution is 2.23. The number of nitrogens with zero attached hydrogens (tertiary/aromatic N) is 2. The van der Waals surface area contributed by atoms with Crippen molar-refractivity contribution >= 4 is 11.8 Å². The Kier molecular flexibility index (Phi) is 5.46. The van der Waals surface area contributed by atoms with Gasteiger partial charge in [-0.15, -0.1) is 0 Å². The highest BCUT2D eigenvalue weighted by molar-refractivity contribution is 5.97. The zero-order valence-corrected chi connectivity index (χ0v) is 16.5. The Hall–Kier alpha value is -2.63. The molecule has 0 spiro atoms. The van der Waals surface area contributed by atoms with Gasteiger partial charge >= 0.3 is 0 Å². The number of hydrogen-bond acceptors (Lipinski definition) is 3. The molecule has 1 saturated carbocycles. The summed E-state index contributed by atoms with van der Waals surface area (Å²) < 4.78 is 1.95. The fourth-order valence-electron chi connectivity index (χ4n) is 4.31. The molecule has 6 heteroatoms. The van der Waals surface area contributed by atoms with E-state index in [2.05, 4.69) is 21.7 Å². The fraction of sp³-hybridized carbons (Fsp3) is 0.500. The number of carbonyl (C=O) groups excluding carboxylic acids is 2. The number of rotatable bonds is 5.